The minimum absolute atomic E-state index is 0.224. The maximum atomic E-state index is 12.0. The van der Waals surface area contributed by atoms with E-state index >= 15 is 0 Å². The number of hydrogen-bond acceptors (Lipinski definition) is 3. The summed E-state index contributed by atoms with van der Waals surface area (Å²) in [4.78, 5) is 13.7. The molecular formula is C15H21BrN2O2. The van der Waals surface area contributed by atoms with Gasteiger partial charge in [-0.2, -0.15) is 0 Å². The lowest BCUT2D eigenvalue weighted by atomic mass is 10.2. The van der Waals surface area contributed by atoms with Crippen LogP contribution >= 0.6 is 15.9 Å². The second kappa shape index (κ2) is 6.04. The van der Waals surface area contributed by atoms with Crippen LogP contribution in [0.3, 0.4) is 0 Å². The van der Waals surface area contributed by atoms with Crippen LogP contribution in [0.15, 0.2) is 28.7 Å². The van der Waals surface area contributed by atoms with Gasteiger partial charge in [0.1, 0.15) is 5.60 Å². The first kappa shape index (κ1) is 15.2. The number of carbonyl (C=O) groups is 1. The van der Waals surface area contributed by atoms with E-state index in [1.807, 2.05) is 45.0 Å². The van der Waals surface area contributed by atoms with Crippen LogP contribution in [0.4, 0.5) is 10.5 Å². The molecule has 1 aliphatic rings. The van der Waals surface area contributed by atoms with Crippen LogP contribution in [0, 0.1) is 0 Å². The number of nitrogens with zero attached hydrogens (tertiary/aromatic N) is 1. The largest absolute Gasteiger partial charge is 0.444 e. The third-order valence-electron chi connectivity index (χ3n) is 3.05. The van der Waals surface area contributed by atoms with Gasteiger partial charge in [-0.05, 0) is 51.5 Å². The van der Waals surface area contributed by atoms with Crippen LogP contribution in [0.5, 0.6) is 0 Å². The summed E-state index contributed by atoms with van der Waals surface area (Å²) in [6.45, 7) is 7.09. The van der Waals surface area contributed by atoms with Gasteiger partial charge in [-0.15, -0.1) is 0 Å². The van der Waals surface area contributed by atoms with E-state index in [1.165, 1.54) is 0 Å². The van der Waals surface area contributed by atoms with Gasteiger partial charge in [0, 0.05) is 29.3 Å². The molecule has 2 rings (SSSR count). The van der Waals surface area contributed by atoms with Gasteiger partial charge < -0.3 is 15.0 Å². The lowest BCUT2D eigenvalue weighted by Crippen LogP contribution is -2.36. The molecule has 1 saturated heterocycles. The van der Waals surface area contributed by atoms with E-state index < -0.39 is 5.60 Å². The molecular weight excluding hydrogens is 320 g/mol. The van der Waals surface area contributed by atoms with Crippen molar-refractivity contribution in [2.75, 3.05) is 18.4 Å². The van der Waals surface area contributed by atoms with E-state index in [9.17, 15) is 4.79 Å². The quantitative estimate of drug-likeness (QED) is 0.888. The van der Waals surface area contributed by atoms with Gasteiger partial charge >= 0.3 is 6.09 Å². The minimum Gasteiger partial charge on any atom is -0.444 e. The molecule has 0 saturated carbocycles. The lowest BCUT2D eigenvalue weighted by Gasteiger charge is -2.24. The molecule has 1 fully saturated rings. The number of benzene rings is 1. The summed E-state index contributed by atoms with van der Waals surface area (Å²) >= 11 is 3.42. The molecule has 0 aromatic heterocycles. The number of hydrogen-bond donors (Lipinski definition) is 1. The van der Waals surface area contributed by atoms with Gasteiger partial charge in [-0.3, -0.25) is 0 Å². The second-order valence-corrected chi connectivity index (χ2v) is 6.98. The zero-order valence-electron chi connectivity index (χ0n) is 12.1. The molecule has 0 radical (unpaired) electrons. The fourth-order valence-corrected chi connectivity index (χ4v) is 2.42. The molecule has 1 heterocycles. The van der Waals surface area contributed by atoms with Crippen molar-refractivity contribution in [3.8, 4) is 0 Å². The Morgan fingerprint density at radius 3 is 2.60 bits per heavy atom. The maximum Gasteiger partial charge on any atom is 0.410 e. The number of amides is 1. The Kier molecular flexibility index (Phi) is 4.58. The maximum absolute atomic E-state index is 12.0. The lowest BCUT2D eigenvalue weighted by molar-refractivity contribution is 0.0293. The summed E-state index contributed by atoms with van der Waals surface area (Å²) in [6.07, 6.45) is 0.715. The zero-order valence-corrected chi connectivity index (χ0v) is 13.7. The molecule has 0 unspecified atom stereocenters. The summed E-state index contributed by atoms with van der Waals surface area (Å²) < 4.78 is 6.45. The average molecular weight is 341 g/mol. The van der Waals surface area contributed by atoms with Crippen molar-refractivity contribution in [2.24, 2.45) is 0 Å². The first-order valence-corrected chi connectivity index (χ1v) is 7.63. The topological polar surface area (TPSA) is 41.6 Å². The molecule has 4 nitrogen and oxygen atoms in total. The average Bonchev–Trinajstić information content (AvgIpc) is 2.79. The Bertz CT molecular complexity index is 468. The molecule has 20 heavy (non-hydrogen) atoms. The first-order valence-electron chi connectivity index (χ1n) is 6.83. The number of ether oxygens (including phenoxy) is 1. The van der Waals surface area contributed by atoms with Gasteiger partial charge in [0.2, 0.25) is 0 Å². The zero-order chi connectivity index (χ0) is 14.8. The van der Waals surface area contributed by atoms with Crippen LogP contribution < -0.4 is 5.32 Å². The molecule has 1 aromatic carbocycles. The van der Waals surface area contributed by atoms with Gasteiger partial charge in [0.25, 0.3) is 0 Å². The predicted molar refractivity (Wildman–Crippen MR) is 84.0 cm³/mol. The standard InChI is InChI=1S/C15H21BrN2O2/c1-15(2,3)20-14(19)18-9-8-13(10-18)17-12-6-4-11(16)5-7-12/h4-7,13,17H,8-10H2,1-3H3/t13-/m1/s1. The second-order valence-electron chi connectivity index (χ2n) is 6.06. The smallest absolute Gasteiger partial charge is 0.410 e. The molecule has 0 spiro atoms. The summed E-state index contributed by atoms with van der Waals surface area (Å²) in [5.41, 5.74) is 0.637. The third kappa shape index (κ3) is 4.40. The molecule has 1 atom stereocenters. The minimum atomic E-state index is -0.436. The van der Waals surface area contributed by atoms with Crippen LogP contribution in [0.2, 0.25) is 0 Å². The molecule has 1 N–H and O–H groups in total. The number of carbonyl (C=O) groups excluding carboxylic acids is 1. The van der Waals surface area contributed by atoms with Crippen molar-refractivity contribution in [1.29, 1.82) is 0 Å². The molecule has 5 heteroatoms. The third-order valence-corrected chi connectivity index (χ3v) is 3.58. The number of rotatable bonds is 2. The van der Waals surface area contributed by atoms with Crippen LogP contribution in [0.1, 0.15) is 27.2 Å². The van der Waals surface area contributed by atoms with Crippen molar-refractivity contribution in [3.05, 3.63) is 28.7 Å². The highest BCUT2D eigenvalue weighted by atomic mass is 79.9. The van der Waals surface area contributed by atoms with Gasteiger partial charge in [-0.1, -0.05) is 15.9 Å². The number of halogens is 1. The Labute approximate surface area is 128 Å². The van der Waals surface area contributed by atoms with Crippen LogP contribution in [-0.4, -0.2) is 35.7 Å². The molecule has 1 aliphatic heterocycles. The van der Waals surface area contributed by atoms with Gasteiger partial charge in [0.15, 0.2) is 0 Å². The molecule has 1 amide bonds. The van der Waals surface area contributed by atoms with Crippen molar-refractivity contribution in [3.63, 3.8) is 0 Å². The molecule has 0 aliphatic carbocycles. The Balaban J connectivity index is 1.86. The fourth-order valence-electron chi connectivity index (χ4n) is 2.15. The van der Waals surface area contributed by atoms with E-state index in [4.69, 9.17) is 4.74 Å². The summed E-state index contributed by atoms with van der Waals surface area (Å²) in [5, 5.41) is 3.45. The Morgan fingerprint density at radius 2 is 2.00 bits per heavy atom. The van der Waals surface area contributed by atoms with Crippen LogP contribution in [0.25, 0.3) is 0 Å². The van der Waals surface area contributed by atoms with Gasteiger partial charge in [-0.25, -0.2) is 4.79 Å². The van der Waals surface area contributed by atoms with Crippen molar-refractivity contribution >= 4 is 27.7 Å². The van der Waals surface area contributed by atoms with E-state index in [0.29, 0.717) is 6.54 Å². The number of likely N-dealkylation sites (tertiary alicyclic amines) is 1. The highest BCUT2D eigenvalue weighted by Crippen LogP contribution is 2.20. The van der Waals surface area contributed by atoms with Crippen molar-refractivity contribution < 1.29 is 9.53 Å². The highest BCUT2D eigenvalue weighted by molar-refractivity contribution is 9.10. The predicted octanol–water partition coefficient (Wildman–Crippen LogP) is 3.87. The van der Waals surface area contributed by atoms with E-state index in [2.05, 4.69) is 21.2 Å². The first-order chi connectivity index (χ1) is 9.33. The van der Waals surface area contributed by atoms with Gasteiger partial charge in [0.05, 0.1) is 0 Å². The molecule has 110 valence electrons. The molecule has 0 bridgehead atoms. The van der Waals surface area contributed by atoms with E-state index in [1.54, 1.807) is 4.90 Å². The summed E-state index contributed by atoms with van der Waals surface area (Å²) in [5.74, 6) is 0. The monoisotopic (exact) mass is 340 g/mol. The van der Waals surface area contributed by atoms with Crippen molar-refractivity contribution in [1.82, 2.24) is 4.90 Å². The normalized spacial score (nSPS) is 19.0. The SMILES string of the molecule is CC(C)(C)OC(=O)N1CC[C@@H](Nc2ccc(Br)cc2)C1. The Morgan fingerprint density at radius 1 is 1.35 bits per heavy atom. The number of nitrogens with one attached hydrogen (secondary N) is 1. The van der Waals surface area contributed by atoms with E-state index in [0.717, 1.165) is 23.1 Å². The molecule has 1 aromatic rings. The highest BCUT2D eigenvalue weighted by Gasteiger charge is 2.29. The Hall–Kier alpha value is -1.23. The van der Waals surface area contributed by atoms with Crippen LogP contribution in [-0.2, 0) is 4.74 Å². The number of anilines is 1. The van der Waals surface area contributed by atoms with Crippen molar-refractivity contribution in [2.45, 2.75) is 38.8 Å². The fraction of sp³-hybridized carbons (Fsp3) is 0.533. The van der Waals surface area contributed by atoms with E-state index in [-0.39, 0.29) is 12.1 Å². The summed E-state index contributed by atoms with van der Waals surface area (Å²) in [7, 11) is 0. The summed E-state index contributed by atoms with van der Waals surface area (Å²) in [6, 6.07) is 8.34.